The summed E-state index contributed by atoms with van der Waals surface area (Å²) in [7, 11) is -3.87. The summed E-state index contributed by atoms with van der Waals surface area (Å²) in [6, 6.07) is 15.0. The number of amides is 1. The van der Waals surface area contributed by atoms with E-state index in [1.807, 2.05) is 23.0 Å². The Morgan fingerprint density at radius 3 is 2.50 bits per heavy atom. The summed E-state index contributed by atoms with van der Waals surface area (Å²) in [5, 5.41) is 3.57. The van der Waals surface area contributed by atoms with Crippen LogP contribution in [0.25, 0.3) is 5.69 Å². The van der Waals surface area contributed by atoms with E-state index in [1.165, 1.54) is 12.1 Å². The molecule has 1 aliphatic heterocycles. The van der Waals surface area contributed by atoms with Gasteiger partial charge in [-0.3, -0.25) is 9.69 Å². The highest BCUT2D eigenvalue weighted by molar-refractivity contribution is 7.91. The lowest BCUT2D eigenvalue weighted by atomic mass is 10.0. The number of hydrogen-bond acceptors (Lipinski definition) is 5. The molecule has 0 atom stereocenters. The van der Waals surface area contributed by atoms with E-state index in [0.717, 1.165) is 43.7 Å². The Labute approximate surface area is 236 Å². The van der Waals surface area contributed by atoms with Crippen molar-refractivity contribution in [1.29, 1.82) is 0 Å². The Morgan fingerprint density at radius 2 is 1.82 bits per heavy atom. The zero-order chi connectivity index (χ0) is 28.8. The van der Waals surface area contributed by atoms with Gasteiger partial charge in [0, 0.05) is 54.9 Å². The lowest BCUT2D eigenvalue weighted by molar-refractivity contribution is -0.124. The molecule has 0 aliphatic carbocycles. The molecule has 1 aromatic heterocycles. The van der Waals surface area contributed by atoms with Crippen LogP contribution in [0.2, 0.25) is 5.02 Å². The summed E-state index contributed by atoms with van der Waals surface area (Å²) in [4.78, 5) is 14.5. The molecular formula is C28H29ClF3N3O4S. The van der Waals surface area contributed by atoms with E-state index >= 15 is 0 Å². The summed E-state index contributed by atoms with van der Waals surface area (Å²) in [5.74, 6) is -0.355. The van der Waals surface area contributed by atoms with Gasteiger partial charge in [-0.15, -0.1) is 0 Å². The average molecular weight is 596 g/mol. The maximum atomic E-state index is 12.3. The average Bonchev–Trinajstić information content (AvgIpc) is 3.36. The Bertz CT molecular complexity index is 1430. The quantitative estimate of drug-likeness (QED) is 0.327. The number of benzene rings is 2. The maximum absolute atomic E-state index is 12.3. The van der Waals surface area contributed by atoms with Gasteiger partial charge >= 0.3 is 6.18 Å². The molecule has 7 nitrogen and oxygen atoms in total. The van der Waals surface area contributed by atoms with Crippen LogP contribution in [0.3, 0.4) is 0 Å². The molecule has 2 aromatic carbocycles. The first-order valence-electron chi connectivity index (χ1n) is 12.6. The highest BCUT2D eigenvalue weighted by Gasteiger charge is 2.23. The molecular weight excluding hydrogens is 567 g/mol. The van der Waals surface area contributed by atoms with E-state index in [4.69, 9.17) is 16.3 Å². The normalized spacial score (nSPS) is 15.4. The smallest absolute Gasteiger partial charge is 0.409 e. The van der Waals surface area contributed by atoms with E-state index in [2.05, 4.69) is 10.2 Å². The summed E-state index contributed by atoms with van der Waals surface area (Å²) in [6.45, 7) is 2.29. The number of carbonyl (C=O) groups excluding carboxylic acids is 1. The fraction of sp³-hybridized carbons (Fsp3) is 0.321. The van der Waals surface area contributed by atoms with Crippen LogP contribution in [0, 0.1) is 0 Å². The van der Waals surface area contributed by atoms with Gasteiger partial charge in [0.1, 0.15) is 5.75 Å². The van der Waals surface area contributed by atoms with Crippen molar-refractivity contribution in [2.24, 2.45) is 0 Å². The van der Waals surface area contributed by atoms with Crippen LogP contribution in [-0.2, 0) is 21.2 Å². The highest BCUT2D eigenvalue weighted by atomic mass is 35.5. The van der Waals surface area contributed by atoms with E-state index in [-0.39, 0.29) is 29.5 Å². The van der Waals surface area contributed by atoms with Crippen LogP contribution in [-0.4, -0.2) is 61.5 Å². The number of alkyl halides is 3. The van der Waals surface area contributed by atoms with Crippen molar-refractivity contribution in [3.8, 4) is 11.4 Å². The minimum Gasteiger partial charge on any atom is -0.484 e. The lowest BCUT2D eigenvalue weighted by Gasteiger charge is -2.32. The number of nitrogens with zero attached hydrogens (tertiary/aromatic N) is 2. The molecule has 0 unspecified atom stereocenters. The highest BCUT2D eigenvalue weighted by Crippen LogP contribution is 2.21. The van der Waals surface area contributed by atoms with Crippen LogP contribution < -0.4 is 10.1 Å². The van der Waals surface area contributed by atoms with Gasteiger partial charge in [-0.05, 0) is 66.9 Å². The number of aromatic nitrogens is 1. The molecule has 1 fully saturated rings. The predicted molar refractivity (Wildman–Crippen MR) is 146 cm³/mol. The molecule has 0 bridgehead atoms. The van der Waals surface area contributed by atoms with Crippen molar-refractivity contribution in [3.05, 3.63) is 89.7 Å². The Kier molecular flexibility index (Phi) is 9.60. The number of halogens is 4. The molecule has 4 rings (SSSR count). The Balaban J connectivity index is 1.23. The first kappa shape index (κ1) is 29.7. The predicted octanol–water partition coefficient (Wildman–Crippen LogP) is 5.18. The van der Waals surface area contributed by atoms with Crippen molar-refractivity contribution in [2.45, 2.75) is 36.5 Å². The van der Waals surface area contributed by atoms with Gasteiger partial charge in [-0.1, -0.05) is 23.7 Å². The van der Waals surface area contributed by atoms with E-state index in [0.29, 0.717) is 16.8 Å². The van der Waals surface area contributed by atoms with Crippen LogP contribution in [0.4, 0.5) is 13.2 Å². The second-order valence-corrected chi connectivity index (χ2v) is 12.0. The zero-order valence-electron chi connectivity index (χ0n) is 21.5. The van der Waals surface area contributed by atoms with Crippen molar-refractivity contribution in [1.82, 2.24) is 14.8 Å². The first-order chi connectivity index (χ1) is 19.0. The molecule has 2 heterocycles. The molecule has 1 amide bonds. The fourth-order valence-corrected chi connectivity index (χ4v) is 5.67. The molecule has 3 aromatic rings. The number of allylic oxidation sites excluding steroid dienone is 1. The number of nitrogens with one attached hydrogen (secondary N) is 1. The van der Waals surface area contributed by atoms with Crippen LogP contribution in [0.5, 0.6) is 5.75 Å². The third-order valence-corrected chi connectivity index (χ3v) is 8.25. The van der Waals surface area contributed by atoms with Crippen LogP contribution in [0.1, 0.15) is 18.4 Å². The molecule has 0 saturated carbocycles. The number of ether oxygens (including phenoxy) is 1. The number of sulfone groups is 1. The fourth-order valence-electron chi connectivity index (χ4n) is 4.39. The monoisotopic (exact) mass is 595 g/mol. The van der Waals surface area contributed by atoms with Gasteiger partial charge < -0.3 is 14.6 Å². The number of rotatable bonds is 10. The van der Waals surface area contributed by atoms with Crippen LogP contribution in [0.15, 0.2) is 84.0 Å². The molecule has 12 heteroatoms. The molecule has 1 saturated heterocycles. The standard InChI is InChI=1S/C28H29ClF3N3O4S/c29-22-3-1-4-25(17-22)39-20-27(36)33-23-10-13-34(14-11-23)18-21-9-15-35(19-21)24-5-7-26(8-6-24)40(37,38)16-2-12-28(30,31)32/h1-9,12,15,17,19,23H,10-11,13-14,16,18,20H2,(H,33,36). The van der Waals surface area contributed by atoms with E-state index in [1.54, 1.807) is 36.4 Å². The third-order valence-electron chi connectivity index (χ3n) is 6.40. The van der Waals surface area contributed by atoms with E-state index in [9.17, 15) is 26.4 Å². The van der Waals surface area contributed by atoms with Gasteiger partial charge in [0.15, 0.2) is 16.4 Å². The molecule has 40 heavy (non-hydrogen) atoms. The van der Waals surface area contributed by atoms with Gasteiger partial charge in [0.2, 0.25) is 0 Å². The summed E-state index contributed by atoms with van der Waals surface area (Å²) in [5.41, 5.74) is 1.81. The number of likely N-dealkylation sites (tertiary alicyclic amines) is 1. The molecule has 0 radical (unpaired) electrons. The lowest BCUT2D eigenvalue weighted by Crippen LogP contribution is -2.45. The number of hydrogen-bond donors (Lipinski definition) is 1. The molecule has 1 N–H and O–H groups in total. The minimum atomic E-state index is -4.55. The topological polar surface area (TPSA) is 80.6 Å². The first-order valence-corrected chi connectivity index (χ1v) is 14.6. The summed E-state index contributed by atoms with van der Waals surface area (Å²) >= 11 is 5.93. The minimum absolute atomic E-state index is 0.0403. The van der Waals surface area contributed by atoms with Crippen LogP contribution >= 0.6 is 11.6 Å². The Hall–Kier alpha value is -3.28. The third kappa shape index (κ3) is 8.87. The van der Waals surface area contributed by atoms with Gasteiger partial charge in [0.25, 0.3) is 5.91 Å². The second kappa shape index (κ2) is 12.9. The summed E-state index contributed by atoms with van der Waals surface area (Å²) < 4.78 is 68.8. The van der Waals surface area contributed by atoms with Crippen molar-refractivity contribution in [2.75, 3.05) is 25.4 Å². The molecule has 1 aliphatic rings. The maximum Gasteiger partial charge on any atom is 0.409 e. The Morgan fingerprint density at radius 1 is 1.10 bits per heavy atom. The van der Waals surface area contributed by atoms with Gasteiger partial charge in [-0.2, -0.15) is 13.2 Å². The number of piperidine rings is 1. The van der Waals surface area contributed by atoms with Gasteiger partial charge in [-0.25, -0.2) is 8.42 Å². The summed E-state index contributed by atoms with van der Waals surface area (Å²) in [6.07, 6.45) is 1.45. The largest absolute Gasteiger partial charge is 0.484 e. The molecule has 214 valence electrons. The van der Waals surface area contributed by atoms with Crippen molar-refractivity contribution >= 4 is 27.3 Å². The van der Waals surface area contributed by atoms with E-state index < -0.39 is 21.8 Å². The SMILES string of the molecule is O=C(COc1cccc(Cl)c1)NC1CCN(Cc2ccn(-c3ccc(S(=O)(=O)CC=CC(F)(F)F)cc3)c2)CC1. The van der Waals surface area contributed by atoms with Crippen molar-refractivity contribution < 1.29 is 31.1 Å². The van der Waals surface area contributed by atoms with Crippen molar-refractivity contribution in [3.63, 3.8) is 0 Å². The number of carbonyl (C=O) groups is 1. The zero-order valence-corrected chi connectivity index (χ0v) is 23.1. The van der Waals surface area contributed by atoms with Gasteiger partial charge in [0.05, 0.1) is 10.6 Å². The molecule has 0 spiro atoms. The second-order valence-electron chi connectivity index (χ2n) is 9.51.